The number of morpholine rings is 1. The van der Waals surface area contributed by atoms with Crippen LogP contribution in [0.15, 0.2) is 0 Å². The summed E-state index contributed by atoms with van der Waals surface area (Å²) in [6.45, 7) is 11.5. The molecule has 0 bridgehead atoms. The maximum Gasteiger partial charge on any atom is 0.0678 e. The summed E-state index contributed by atoms with van der Waals surface area (Å²) >= 11 is 0. The van der Waals surface area contributed by atoms with Gasteiger partial charge in [-0.2, -0.15) is 0 Å². The summed E-state index contributed by atoms with van der Waals surface area (Å²) in [5.74, 6) is 0.623. The van der Waals surface area contributed by atoms with Gasteiger partial charge < -0.3 is 10.5 Å². The van der Waals surface area contributed by atoms with E-state index >= 15 is 0 Å². The Bertz CT molecular complexity index is 163. The summed E-state index contributed by atoms with van der Waals surface area (Å²) in [7, 11) is 0. The van der Waals surface area contributed by atoms with Crippen molar-refractivity contribution in [1.82, 2.24) is 4.90 Å². The Hall–Kier alpha value is -0.120. The van der Waals surface area contributed by atoms with Crippen molar-refractivity contribution in [2.24, 2.45) is 11.7 Å². The molecular formula is C11H24N2O. The fourth-order valence-corrected chi connectivity index (χ4v) is 2.33. The van der Waals surface area contributed by atoms with E-state index in [0.29, 0.717) is 24.2 Å². The Balaban J connectivity index is 2.56. The molecule has 1 saturated heterocycles. The summed E-state index contributed by atoms with van der Waals surface area (Å²) < 4.78 is 5.71. The Morgan fingerprint density at radius 1 is 1.29 bits per heavy atom. The summed E-state index contributed by atoms with van der Waals surface area (Å²) in [6.07, 6.45) is 0.679. The largest absolute Gasteiger partial charge is 0.373 e. The van der Waals surface area contributed by atoms with E-state index in [2.05, 4.69) is 32.6 Å². The molecule has 3 atom stereocenters. The van der Waals surface area contributed by atoms with Crippen LogP contribution in [0.25, 0.3) is 0 Å². The third kappa shape index (κ3) is 2.94. The van der Waals surface area contributed by atoms with Crippen molar-refractivity contribution in [3.63, 3.8) is 0 Å². The third-order valence-corrected chi connectivity index (χ3v) is 2.93. The lowest BCUT2D eigenvalue weighted by atomic mass is 10.0. The van der Waals surface area contributed by atoms with Crippen LogP contribution in [0.2, 0.25) is 0 Å². The van der Waals surface area contributed by atoms with Crippen LogP contribution >= 0.6 is 0 Å². The molecule has 3 heteroatoms. The van der Waals surface area contributed by atoms with Gasteiger partial charge in [0.2, 0.25) is 0 Å². The van der Waals surface area contributed by atoms with E-state index in [-0.39, 0.29) is 0 Å². The van der Waals surface area contributed by atoms with E-state index in [9.17, 15) is 0 Å². The normalized spacial score (nSPS) is 32.1. The summed E-state index contributed by atoms with van der Waals surface area (Å²) in [6, 6.07) is 0.504. The van der Waals surface area contributed by atoms with Gasteiger partial charge in [-0.3, -0.25) is 4.90 Å². The molecule has 1 fully saturated rings. The molecule has 1 aliphatic rings. The summed E-state index contributed by atoms with van der Waals surface area (Å²) in [5.41, 5.74) is 5.81. The Labute approximate surface area is 87.6 Å². The first kappa shape index (κ1) is 12.0. The molecule has 0 aromatic rings. The minimum Gasteiger partial charge on any atom is -0.373 e. The quantitative estimate of drug-likeness (QED) is 0.741. The zero-order valence-corrected chi connectivity index (χ0v) is 9.86. The molecule has 0 aromatic heterocycles. The van der Waals surface area contributed by atoms with Crippen LogP contribution < -0.4 is 5.73 Å². The van der Waals surface area contributed by atoms with Crippen LogP contribution in [0.4, 0.5) is 0 Å². The summed E-state index contributed by atoms with van der Waals surface area (Å²) in [5, 5.41) is 0. The van der Waals surface area contributed by atoms with Crippen LogP contribution in [0, 0.1) is 5.92 Å². The molecule has 3 unspecified atom stereocenters. The van der Waals surface area contributed by atoms with E-state index < -0.39 is 0 Å². The molecule has 0 spiro atoms. The first-order valence-corrected chi connectivity index (χ1v) is 5.64. The summed E-state index contributed by atoms with van der Waals surface area (Å²) in [4.78, 5) is 2.48. The monoisotopic (exact) mass is 200 g/mol. The van der Waals surface area contributed by atoms with Crippen molar-refractivity contribution in [2.45, 2.75) is 45.9 Å². The van der Waals surface area contributed by atoms with Crippen LogP contribution in [-0.2, 0) is 4.74 Å². The van der Waals surface area contributed by atoms with Gasteiger partial charge in [0.1, 0.15) is 0 Å². The minimum absolute atomic E-state index is 0.339. The highest BCUT2D eigenvalue weighted by Gasteiger charge is 2.28. The van der Waals surface area contributed by atoms with Crippen LogP contribution in [0.5, 0.6) is 0 Å². The molecule has 84 valence electrons. The maximum absolute atomic E-state index is 5.81. The van der Waals surface area contributed by atoms with E-state index in [1.165, 1.54) is 0 Å². The Morgan fingerprint density at radius 3 is 2.14 bits per heavy atom. The SMILES string of the molecule is CC1CN(C(CN)C(C)C)CC(C)O1. The predicted molar refractivity (Wildman–Crippen MR) is 59.3 cm³/mol. The van der Waals surface area contributed by atoms with Gasteiger partial charge in [-0.1, -0.05) is 13.8 Å². The lowest BCUT2D eigenvalue weighted by Gasteiger charge is -2.41. The molecule has 3 nitrogen and oxygen atoms in total. The fraction of sp³-hybridized carbons (Fsp3) is 1.00. The van der Waals surface area contributed by atoms with Crippen molar-refractivity contribution in [3.8, 4) is 0 Å². The molecular weight excluding hydrogens is 176 g/mol. The van der Waals surface area contributed by atoms with E-state index in [1.807, 2.05) is 0 Å². The van der Waals surface area contributed by atoms with Crippen LogP contribution in [-0.4, -0.2) is 42.8 Å². The molecule has 1 heterocycles. The molecule has 1 aliphatic heterocycles. The lowest BCUT2D eigenvalue weighted by Crippen LogP contribution is -2.54. The average Bonchev–Trinajstić information content (AvgIpc) is 2.02. The fourth-order valence-electron chi connectivity index (χ4n) is 2.33. The van der Waals surface area contributed by atoms with Gasteiger partial charge in [0.05, 0.1) is 12.2 Å². The van der Waals surface area contributed by atoms with Crippen LogP contribution in [0.1, 0.15) is 27.7 Å². The molecule has 0 saturated carbocycles. The van der Waals surface area contributed by atoms with Gasteiger partial charge >= 0.3 is 0 Å². The number of hydrogen-bond donors (Lipinski definition) is 1. The molecule has 14 heavy (non-hydrogen) atoms. The molecule has 0 aromatic carbocycles. The highest BCUT2D eigenvalue weighted by atomic mass is 16.5. The second-order valence-corrected chi connectivity index (χ2v) is 4.76. The number of rotatable bonds is 3. The van der Waals surface area contributed by atoms with Crippen molar-refractivity contribution in [1.29, 1.82) is 0 Å². The van der Waals surface area contributed by atoms with Crippen molar-refractivity contribution < 1.29 is 4.74 Å². The highest BCUT2D eigenvalue weighted by molar-refractivity contribution is 4.82. The first-order chi connectivity index (χ1) is 6.54. The maximum atomic E-state index is 5.81. The van der Waals surface area contributed by atoms with Crippen molar-refractivity contribution in [3.05, 3.63) is 0 Å². The molecule has 0 amide bonds. The predicted octanol–water partition coefficient (Wildman–Crippen LogP) is 1.08. The van der Waals surface area contributed by atoms with Crippen molar-refractivity contribution >= 4 is 0 Å². The van der Waals surface area contributed by atoms with Gasteiger partial charge in [-0.25, -0.2) is 0 Å². The standard InChI is InChI=1S/C11H24N2O/c1-8(2)11(5-12)13-6-9(3)14-10(4)7-13/h8-11H,5-7,12H2,1-4H3. The Kier molecular flexibility index (Phi) is 4.35. The minimum atomic E-state index is 0.339. The third-order valence-electron chi connectivity index (χ3n) is 2.93. The zero-order valence-electron chi connectivity index (χ0n) is 9.86. The van der Waals surface area contributed by atoms with Crippen LogP contribution in [0.3, 0.4) is 0 Å². The zero-order chi connectivity index (χ0) is 10.7. The molecule has 1 rings (SSSR count). The smallest absolute Gasteiger partial charge is 0.0678 e. The molecule has 0 radical (unpaired) electrons. The van der Waals surface area contributed by atoms with Gasteiger partial charge in [0.15, 0.2) is 0 Å². The first-order valence-electron chi connectivity index (χ1n) is 5.64. The van der Waals surface area contributed by atoms with Crippen molar-refractivity contribution in [2.75, 3.05) is 19.6 Å². The van der Waals surface area contributed by atoms with Gasteiger partial charge in [-0.15, -0.1) is 0 Å². The number of nitrogens with zero attached hydrogens (tertiary/aromatic N) is 1. The van der Waals surface area contributed by atoms with E-state index in [4.69, 9.17) is 10.5 Å². The number of ether oxygens (including phenoxy) is 1. The topological polar surface area (TPSA) is 38.5 Å². The average molecular weight is 200 g/mol. The number of nitrogens with two attached hydrogens (primary N) is 1. The second kappa shape index (κ2) is 5.10. The van der Waals surface area contributed by atoms with Gasteiger partial charge in [-0.05, 0) is 19.8 Å². The molecule has 2 N–H and O–H groups in total. The second-order valence-electron chi connectivity index (χ2n) is 4.76. The highest BCUT2D eigenvalue weighted by Crippen LogP contribution is 2.17. The van der Waals surface area contributed by atoms with E-state index in [1.54, 1.807) is 0 Å². The number of hydrogen-bond acceptors (Lipinski definition) is 3. The Morgan fingerprint density at radius 2 is 1.79 bits per heavy atom. The van der Waals surface area contributed by atoms with E-state index in [0.717, 1.165) is 19.6 Å². The lowest BCUT2D eigenvalue weighted by molar-refractivity contribution is -0.0841. The van der Waals surface area contributed by atoms with Gasteiger partial charge in [0.25, 0.3) is 0 Å². The molecule has 0 aliphatic carbocycles. The van der Waals surface area contributed by atoms with Gasteiger partial charge in [0, 0.05) is 25.7 Å².